The summed E-state index contributed by atoms with van der Waals surface area (Å²) in [5.41, 5.74) is 2.87. The van der Waals surface area contributed by atoms with Crippen LogP contribution in [0.5, 0.6) is 11.5 Å². The molecule has 3 N–H and O–H groups in total. The summed E-state index contributed by atoms with van der Waals surface area (Å²) in [4.78, 5) is 12.5. The largest absolute Gasteiger partial charge is 0.493 e. The van der Waals surface area contributed by atoms with E-state index in [0.29, 0.717) is 28.6 Å². The van der Waals surface area contributed by atoms with Gasteiger partial charge in [-0.1, -0.05) is 12.1 Å². The van der Waals surface area contributed by atoms with E-state index < -0.39 is 0 Å². The second-order valence-electron chi connectivity index (χ2n) is 6.43. The molecule has 0 radical (unpaired) electrons. The van der Waals surface area contributed by atoms with Crippen LogP contribution in [-0.4, -0.2) is 30.3 Å². The van der Waals surface area contributed by atoms with Gasteiger partial charge < -0.3 is 24.3 Å². The van der Waals surface area contributed by atoms with Crippen molar-refractivity contribution in [1.29, 1.82) is 0 Å². The van der Waals surface area contributed by atoms with Gasteiger partial charge in [-0.2, -0.15) is 0 Å². The quantitative estimate of drug-likeness (QED) is 0.515. The van der Waals surface area contributed by atoms with Gasteiger partial charge in [0.15, 0.2) is 16.6 Å². The number of rotatable bonds is 6. The second kappa shape index (κ2) is 9.43. The van der Waals surface area contributed by atoms with Gasteiger partial charge in [-0.05, 0) is 61.1 Å². The molecule has 7 nitrogen and oxygen atoms in total. The summed E-state index contributed by atoms with van der Waals surface area (Å²) in [7, 11) is 3.03. The van der Waals surface area contributed by atoms with E-state index in [2.05, 4.69) is 10.6 Å². The van der Waals surface area contributed by atoms with Crippen molar-refractivity contribution in [3.63, 3.8) is 0 Å². The molecule has 1 amide bonds. The van der Waals surface area contributed by atoms with Crippen LogP contribution in [-0.2, 0) is 6.61 Å². The number of hydrogen-bond donors (Lipinski definition) is 3. The lowest BCUT2D eigenvalue weighted by Gasteiger charge is -2.14. The Morgan fingerprint density at radius 2 is 1.83 bits per heavy atom. The van der Waals surface area contributed by atoms with Crippen LogP contribution >= 0.6 is 12.2 Å². The first-order valence-corrected chi connectivity index (χ1v) is 9.51. The maximum atomic E-state index is 12.5. The van der Waals surface area contributed by atoms with E-state index in [9.17, 15) is 9.90 Å². The maximum absolute atomic E-state index is 12.5. The summed E-state index contributed by atoms with van der Waals surface area (Å²) < 4.78 is 16.0. The zero-order valence-electron chi connectivity index (χ0n) is 16.8. The van der Waals surface area contributed by atoms with Gasteiger partial charge in [-0.15, -0.1) is 0 Å². The maximum Gasteiger partial charge on any atom is 0.257 e. The predicted molar refractivity (Wildman–Crippen MR) is 118 cm³/mol. The van der Waals surface area contributed by atoms with E-state index in [-0.39, 0.29) is 17.6 Å². The average Bonchev–Trinajstić information content (AvgIpc) is 3.24. The van der Waals surface area contributed by atoms with Gasteiger partial charge in [0.05, 0.1) is 14.2 Å². The number of nitrogens with one attached hydrogen (secondary N) is 2. The Hall–Kier alpha value is -3.36. The van der Waals surface area contributed by atoms with Crippen molar-refractivity contribution in [2.75, 3.05) is 19.5 Å². The molecule has 8 heteroatoms. The Bertz CT molecular complexity index is 1080. The number of furan rings is 1. The molecule has 0 unspecified atom stereocenters. The molecule has 0 aliphatic heterocycles. The number of thiocarbonyl (C=S) groups is 1. The van der Waals surface area contributed by atoms with Crippen LogP contribution in [0.4, 0.5) is 5.69 Å². The standard InChI is InChI=1S/C22H22N2O5S/c1-13-4-5-14(18-9-7-16(12-25)29-18)10-17(13)23-22(30)24-21(26)15-6-8-19(27-2)20(11-15)28-3/h4-11,25H,12H2,1-3H3,(H2,23,24,26,30). The van der Waals surface area contributed by atoms with Gasteiger partial charge in [-0.3, -0.25) is 10.1 Å². The molecule has 2 aromatic carbocycles. The summed E-state index contributed by atoms with van der Waals surface area (Å²) in [5, 5.41) is 15.0. The number of aliphatic hydroxyl groups is 1. The van der Waals surface area contributed by atoms with E-state index in [1.165, 1.54) is 14.2 Å². The molecule has 0 saturated heterocycles. The number of methoxy groups -OCH3 is 2. The monoisotopic (exact) mass is 426 g/mol. The lowest BCUT2D eigenvalue weighted by molar-refractivity contribution is 0.0977. The van der Waals surface area contributed by atoms with Gasteiger partial charge in [-0.25, -0.2) is 0 Å². The third-order valence-corrected chi connectivity index (χ3v) is 4.66. The molecule has 1 aromatic heterocycles. The smallest absolute Gasteiger partial charge is 0.257 e. The Morgan fingerprint density at radius 1 is 1.07 bits per heavy atom. The zero-order chi connectivity index (χ0) is 21.7. The SMILES string of the molecule is COc1ccc(C(=O)NC(=S)Nc2cc(-c3ccc(CO)o3)ccc2C)cc1OC. The van der Waals surface area contributed by atoms with E-state index in [0.717, 1.165) is 16.8 Å². The molecule has 0 atom stereocenters. The first-order valence-electron chi connectivity index (χ1n) is 9.10. The van der Waals surface area contributed by atoms with Gasteiger partial charge in [0.1, 0.15) is 18.1 Å². The van der Waals surface area contributed by atoms with Crippen molar-refractivity contribution in [2.24, 2.45) is 0 Å². The predicted octanol–water partition coefficient (Wildman–Crippen LogP) is 3.89. The number of benzene rings is 2. The van der Waals surface area contributed by atoms with Gasteiger partial charge in [0, 0.05) is 16.8 Å². The first kappa shape index (κ1) is 21.4. The Morgan fingerprint density at radius 3 is 2.50 bits per heavy atom. The number of carbonyl (C=O) groups excluding carboxylic acids is 1. The van der Waals surface area contributed by atoms with Crippen molar-refractivity contribution in [3.05, 3.63) is 65.4 Å². The molecular formula is C22H22N2O5S. The van der Waals surface area contributed by atoms with Crippen LogP contribution < -0.4 is 20.1 Å². The molecular weight excluding hydrogens is 404 g/mol. The topological polar surface area (TPSA) is 93.0 Å². The number of hydrogen-bond acceptors (Lipinski definition) is 6. The third-order valence-electron chi connectivity index (χ3n) is 4.46. The molecule has 1 heterocycles. The summed E-state index contributed by atoms with van der Waals surface area (Å²) in [6, 6.07) is 14.1. The Labute approximate surface area is 179 Å². The minimum absolute atomic E-state index is 0.158. The summed E-state index contributed by atoms with van der Waals surface area (Å²) in [5.74, 6) is 1.72. The summed E-state index contributed by atoms with van der Waals surface area (Å²) in [6.45, 7) is 1.76. The lowest BCUT2D eigenvalue weighted by atomic mass is 10.1. The summed E-state index contributed by atoms with van der Waals surface area (Å²) >= 11 is 5.31. The van der Waals surface area contributed by atoms with Crippen LogP contribution in [0.3, 0.4) is 0 Å². The van der Waals surface area contributed by atoms with Crippen LogP contribution in [0, 0.1) is 6.92 Å². The van der Waals surface area contributed by atoms with Crippen LogP contribution in [0.25, 0.3) is 11.3 Å². The number of aliphatic hydroxyl groups excluding tert-OH is 1. The van der Waals surface area contributed by atoms with Crippen molar-refractivity contribution in [2.45, 2.75) is 13.5 Å². The van der Waals surface area contributed by atoms with Gasteiger partial charge >= 0.3 is 0 Å². The zero-order valence-corrected chi connectivity index (χ0v) is 17.6. The fraction of sp³-hybridized carbons (Fsp3) is 0.182. The normalized spacial score (nSPS) is 10.4. The number of ether oxygens (including phenoxy) is 2. The van der Waals surface area contributed by atoms with Crippen LogP contribution in [0.1, 0.15) is 21.7 Å². The van der Waals surface area contributed by atoms with Gasteiger partial charge in [0.2, 0.25) is 0 Å². The fourth-order valence-corrected chi connectivity index (χ4v) is 3.04. The van der Waals surface area contributed by atoms with E-state index in [4.69, 9.17) is 26.1 Å². The van der Waals surface area contributed by atoms with Crippen molar-refractivity contribution in [3.8, 4) is 22.8 Å². The number of carbonyl (C=O) groups is 1. The highest BCUT2D eigenvalue weighted by Crippen LogP contribution is 2.28. The highest BCUT2D eigenvalue weighted by molar-refractivity contribution is 7.80. The molecule has 156 valence electrons. The lowest BCUT2D eigenvalue weighted by Crippen LogP contribution is -2.34. The van der Waals surface area contributed by atoms with Crippen molar-refractivity contribution >= 4 is 28.9 Å². The molecule has 3 rings (SSSR count). The molecule has 0 bridgehead atoms. The second-order valence-corrected chi connectivity index (χ2v) is 6.84. The minimum Gasteiger partial charge on any atom is -0.493 e. The highest BCUT2D eigenvalue weighted by atomic mass is 32.1. The Balaban J connectivity index is 1.73. The molecule has 0 spiro atoms. The van der Waals surface area contributed by atoms with Crippen LogP contribution in [0.15, 0.2) is 52.9 Å². The number of anilines is 1. The van der Waals surface area contributed by atoms with Crippen LogP contribution in [0.2, 0.25) is 0 Å². The Kier molecular flexibility index (Phi) is 6.71. The molecule has 0 aliphatic carbocycles. The number of amides is 1. The molecule has 0 fully saturated rings. The molecule has 0 aliphatic rings. The third kappa shape index (κ3) is 4.79. The van der Waals surface area contributed by atoms with E-state index in [1.54, 1.807) is 30.3 Å². The van der Waals surface area contributed by atoms with E-state index >= 15 is 0 Å². The first-order chi connectivity index (χ1) is 14.4. The van der Waals surface area contributed by atoms with Crippen molar-refractivity contribution in [1.82, 2.24) is 5.32 Å². The van der Waals surface area contributed by atoms with Crippen molar-refractivity contribution < 1.29 is 23.8 Å². The molecule has 3 aromatic rings. The van der Waals surface area contributed by atoms with E-state index in [1.807, 2.05) is 25.1 Å². The fourth-order valence-electron chi connectivity index (χ4n) is 2.83. The highest BCUT2D eigenvalue weighted by Gasteiger charge is 2.13. The summed E-state index contributed by atoms with van der Waals surface area (Å²) in [6.07, 6.45) is 0. The molecule has 30 heavy (non-hydrogen) atoms. The molecule has 0 saturated carbocycles. The van der Waals surface area contributed by atoms with Gasteiger partial charge in [0.25, 0.3) is 5.91 Å². The number of aryl methyl sites for hydroxylation is 1. The minimum atomic E-state index is -0.374. The average molecular weight is 426 g/mol.